The van der Waals surface area contributed by atoms with Crippen molar-refractivity contribution >= 4 is 5.97 Å². The average molecular weight is 238 g/mol. The zero-order valence-corrected chi connectivity index (χ0v) is 10.5. The van der Waals surface area contributed by atoms with Crippen molar-refractivity contribution in [3.8, 4) is 0 Å². The number of rotatable bonds is 6. The number of hydrogen-bond donors (Lipinski definition) is 1. The van der Waals surface area contributed by atoms with Crippen molar-refractivity contribution in [1.29, 1.82) is 0 Å². The number of nitrogens with zero attached hydrogens (tertiary/aromatic N) is 2. The molecule has 0 radical (unpaired) electrons. The summed E-state index contributed by atoms with van der Waals surface area (Å²) in [6, 6.07) is 0. The number of carboxylic acid groups (broad SMARTS) is 1. The molecule has 1 rings (SSSR count). The lowest BCUT2D eigenvalue weighted by Crippen LogP contribution is -2.08. The van der Waals surface area contributed by atoms with Crippen molar-refractivity contribution in [3.63, 3.8) is 0 Å². The number of carbonyl (C=O) groups is 1. The summed E-state index contributed by atoms with van der Waals surface area (Å²) >= 11 is 0. The monoisotopic (exact) mass is 238 g/mol. The van der Waals surface area contributed by atoms with E-state index in [-0.39, 0.29) is 6.42 Å². The number of hydrogen-bond acceptors (Lipinski definition) is 4. The van der Waals surface area contributed by atoms with Gasteiger partial charge in [0.2, 0.25) is 0 Å². The molecule has 0 saturated carbocycles. The van der Waals surface area contributed by atoms with Crippen LogP contribution in [0, 0.1) is 13.8 Å². The van der Waals surface area contributed by atoms with E-state index in [1.165, 1.54) is 0 Å². The zero-order chi connectivity index (χ0) is 12.8. The lowest BCUT2D eigenvalue weighted by molar-refractivity contribution is -0.136. The van der Waals surface area contributed by atoms with Crippen LogP contribution in [-0.4, -0.2) is 27.7 Å². The molecule has 0 saturated heterocycles. The van der Waals surface area contributed by atoms with Crippen LogP contribution in [-0.2, 0) is 22.6 Å². The maximum Gasteiger partial charge on any atom is 0.303 e. The van der Waals surface area contributed by atoms with Crippen LogP contribution in [0.2, 0.25) is 0 Å². The fraction of sp³-hybridized carbons (Fsp3) is 0.583. The molecular weight excluding hydrogens is 220 g/mol. The predicted octanol–water partition coefficient (Wildman–Crippen LogP) is 1.65. The first-order valence-electron chi connectivity index (χ1n) is 5.67. The van der Waals surface area contributed by atoms with E-state index in [1.54, 1.807) is 0 Å². The summed E-state index contributed by atoms with van der Waals surface area (Å²) in [5.74, 6) is -0.150. The number of ether oxygens (including phenoxy) is 1. The van der Waals surface area contributed by atoms with Crippen LogP contribution >= 0.6 is 0 Å². The Bertz CT molecular complexity index is 382. The Kier molecular flexibility index (Phi) is 5.03. The van der Waals surface area contributed by atoms with Crippen LogP contribution in [0.5, 0.6) is 0 Å². The second-order valence-corrected chi connectivity index (χ2v) is 3.82. The Hall–Kier alpha value is -1.49. The fourth-order valence-corrected chi connectivity index (χ4v) is 1.66. The van der Waals surface area contributed by atoms with Crippen LogP contribution in [0.25, 0.3) is 0 Å². The molecule has 1 N–H and O–H groups in total. The molecule has 0 aromatic carbocycles. The minimum absolute atomic E-state index is 0.107. The van der Waals surface area contributed by atoms with E-state index in [1.807, 2.05) is 20.8 Å². The molecule has 0 unspecified atom stereocenters. The van der Waals surface area contributed by atoms with Gasteiger partial charge in [0.05, 0.1) is 0 Å². The van der Waals surface area contributed by atoms with Crippen molar-refractivity contribution in [2.75, 3.05) is 6.61 Å². The van der Waals surface area contributed by atoms with Crippen LogP contribution < -0.4 is 0 Å². The topological polar surface area (TPSA) is 72.3 Å². The summed E-state index contributed by atoms with van der Waals surface area (Å²) in [6.07, 6.45) is 0.581. The summed E-state index contributed by atoms with van der Waals surface area (Å²) in [5, 5.41) is 8.67. The summed E-state index contributed by atoms with van der Waals surface area (Å²) in [5.41, 5.74) is 2.61. The third-order valence-electron chi connectivity index (χ3n) is 2.49. The quantitative estimate of drug-likeness (QED) is 0.815. The van der Waals surface area contributed by atoms with E-state index in [2.05, 4.69) is 9.97 Å². The summed E-state index contributed by atoms with van der Waals surface area (Å²) < 4.78 is 5.25. The second kappa shape index (κ2) is 6.30. The largest absolute Gasteiger partial charge is 0.481 e. The molecule has 1 aromatic heterocycles. The Labute approximate surface area is 101 Å². The molecule has 1 aromatic rings. The molecule has 0 aliphatic heterocycles. The Balaban J connectivity index is 2.82. The van der Waals surface area contributed by atoms with Gasteiger partial charge in [-0.05, 0) is 32.8 Å². The maximum atomic E-state index is 10.5. The highest BCUT2D eigenvalue weighted by atomic mass is 16.5. The highest BCUT2D eigenvalue weighted by molar-refractivity contribution is 5.67. The molecule has 17 heavy (non-hydrogen) atoms. The van der Waals surface area contributed by atoms with Crippen molar-refractivity contribution < 1.29 is 14.6 Å². The van der Waals surface area contributed by atoms with Gasteiger partial charge >= 0.3 is 5.97 Å². The zero-order valence-electron chi connectivity index (χ0n) is 10.5. The minimum atomic E-state index is -0.804. The van der Waals surface area contributed by atoms with Gasteiger partial charge in [-0.2, -0.15) is 0 Å². The third-order valence-corrected chi connectivity index (χ3v) is 2.49. The number of aliphatic carboxylic acids is 1. The first-order valence-corrected chi connectivity index (χ1v) is 5.67. The molecule has 5 heteroatoms. The molecule has 0 aliphatic rings. The minimum Gasteiger partial charge on any atom is -0.481 e. The molecule has 0 fully saturated rings. The SMILES string of the molecule is CCOCc1nc(C)c(CCC(=O)O)c(C)n1. The lowest BCUT2D eigenvalue weighted by Gasteiger charge is -2.09. The first kappa shape index (κ1) is 13.6. The second-order valence-electron chi connectivity index (χ2n) is 3.82. The molecule has 94 valence electrons. The van der Waals surface area contributed by atoms with Crippen molar-refractivity contribution in [3.05, 3.63) is 22.8 Å². The van der Waals surface area contributed by atoms with Gasteiger partial charge in [0.1, 0.15) is 6.61 Å². The number of carboxylic acids is 1. The van der Waals surface area contributed by atoms with Gasteiger partial charge in [0.15, 0.2) is 5.82 Å². The van der Waals surface area contributed by atoms with E-state index in [4.69, 9.17) is 9.84 Å². The Morgan fingerprint density at radius 1 is 1.29 bits per heavy atom. The summed E-state index contributed by atoms with van der Waals surface area (Å²) in [6.45, 7) is 6.70. The fourth-order valence-electron chi connectivity index (χ4n) is 1.66. The molecule has 0 aliphatic carbocycles. The highest BCUT2D eigenvalue weighted by Gasteiger charge is 2.10. The normalized spacial score (nSPS) is 10.5. The molecule has 0 bridgehead atoms. The number of aromatic nitrogens is 2. The van der Waals surface area contributed by atoms with Crippen molar-refractivity contribution in [2.24, 2.45) is 0 Å². The van der Waals surface area contributed by atoms with E-state index < -0.39 is 5.97 Å². The van der Waals surface area contributed by atoms with Crippen molar-refractivity contribution in [1.82, 2.24) is 9.97 Å². The van der Waals surface area contributed by atoms with Crippen molar-refractivity contribution in [2.45, 2.75) is 40.2 Å². The standard InChI is InChI=1S/C12H18N2O3/c1-4-17-7-11-13-8(2)10(9(3)14-11)5-6-12(15)16/h4-7H2,1-3H3,(H,15,16). The molecule has 5 nitrogen and oxygen atoms in total. The highest BCUT2D eigenvalue weighted by Crippen LogP contribution is 2.13. The first-order chi connectivity index (χ1) is 8.04. The predicted molar refractivity (Wildman–Crippen MR) is 62.8 cm³/mol. The Morgan fingerprint density at radius 3 is 2.35 bits per heavy atom. The summed E-state index contributed by atoms with van der Waals surface area (Å²) in [4.78, 5) is 19.2. The van der Waals surface area contributed by atoms with E-state index >= 15 is 0 Å². The molecule has 0 atom stereocenters. The van der Waals surface area contributed by atoms with Crippen LogP contribution in [0.4, 0.5) is 0 Å². The lowest BCUT2D eigenvalue weighted by atomic mass is 10.1. The summed E-state index contributed by atoms with van der Waals surface area (Å²) in [7, 11) is 0. The van der Waals surface area contributed by atoms with Gasteiger partial charge in [-0.1, -0.05) is 0 Å². The van der Waals surface area contributed by atoms with E-state index in [0.29, 0.717) is 25.5 Å². The smallest absolute Gasteiger partial charge is 0.303 e. The van der Waals surface area contributed by atoms with Gasteiger partial charge < -0.3 is 9.84 Å². The average Bonchev–Trinajstić information content (AvgIpc) is 2.24. The van der Waals surface area contributed by atoms with Gasteiger partial charge in [-0.25, -0.2) is 9.97 Å². The molecule has 0 amide bonds. The van der Waals surface area contributed by atoms with Crippen LogP contribution in [0.15, 0.2) is 0 Å². The van der Waals surface area contributed by atoms with Gasteiger partial charge in [0, 0.05) is 24.4 Å². The number of aryl methyl sites for hydroxylation is 2. The molecular formula is C12H18N2O3. The van der Waals surface area contributed by atoms with E-state index in [9.17, 15) is 4.79 Å². The molecule has 0 spiro atoms. The van der Waals surface area contributed by atoms with Crippen LogP contribution in [0.1, 0.15) is 36.1 Å². The Morgan fingerprint density at radius 2 is 1.88 bits per heavy atom. The third kappa shape index (κ3) is 4.11. The van der Waals surface area contributed by atoms with Gasteiger partial charge in [-0.3, -0.25) is 4.79 Å². The van der Waals surface area contributed by atoms with Gasteiger partial charge in [0.25, 0.3) is 0 Å². The van der Waals surface area contributed by atoms with Crippen LogP contribution in [0.3, 0.4) is 0 Å². The van der Waals surface area contributed by atoms with E-state index in [0.717, 1.165) is 17.0 Å². The van der Waals surface area contributed by atoms with Gasteiger partial charge in [-0.15, -0.1) is 0 Å². The maximum absolute atomic E-state index is 10.5. The molecule has 1 heterocycles.